The van der Waals surface area contributed by atoms with Crippen LogP contribution in [-0.4, -0.2) is 11.6 Å². The van der Waals surface area contributed by atoms with Crippen LogP contribution in [0.2, 0.25) is 0 Å². The van der Waals surface area contributed by atoms with Crippen molar-refractivity contribution in [2.75, 3.05) is 6.61 Å². The summed E-state index contributed by atoms with van der Waals surface area (Å²) in [5.74, 6) is 0.903. The second kappa shape index (κ2) is 7.80. The van der Waals surface area contributed by atoms with E-state index in [2.05, 4.69) is 37.0 Å². The van der Waals surface area contributed by atoms with Crippen LogP contribution in [0.3, 0.4) is 0 Å². The van der Waals surface area contributed by atoms with E-state index in [0.29, 0.717) is 6.61 Å². The molecule has 0 aliphatic carbocycles. The van der Waals surface area contributed by atoms with Gasteiger partial charge in [0.2, 0.25) is 0 Å². The van der Waals surface area contributed by atoms with Gasteiger partial charge in [-0.05, 0) is 30.5 Å². The summed E-state index contributed by atoms with van der Waals surface area (Å²) in [4.78, 5) is 5.30. The Morgan fingerprint density at radius 3 is 2.86 bits per heavy atom. The predicted octanol–water partition coefficient (Wildman–Crippen LogP) is 4.15. The van der Waals surface area contributed by atoms with Crippen molar-refractivity contribution in [3.8, 4) is 11.8 Å². The Kier molecular flexibility index (Phi) is 5.77. The molecule has 0 aliphatic heterocycles. The molecule has 3 nitrogen and oxygen atoms in total. The zero-order valence-electron chi connectivity index (χ0n) is 12.6. The molecule has 2 aromatic rings. The zero-order valence-corrected chi connectivity index (χ0v) is 13.4. The number of thiazole rings is 1. The lowest BCUT2D eigenvalue weighted by Crippen LogP contribution is -2.01. The summed E-state index contributed by atoms with van der Waals surface area (Å²) in [5.41, 5.74) is 2.21. The van der Waals surface area contributed by atoms with Gasteiger partial charge < -0.3 is 4.74 Å². The molecule has 0 fully saturated rings. The van der Waals surface area contributed by atoms with Crippen molar-refractivity contribution in [1.29, 1.82) is 5.26 Å². The van der Waals surface area contributed by atoms with E-state index in [1.54, 1.807) is 0 Å². The van der Waals surface area contributed by atoms with E-state index in [1.807, 2.05) is 12.1 Å². The molecule has 0 amide bonds. The molecule has 2 rings (SSSR count). The first-order valence-electron chi connectivity index (χ1n) is 7.37. The number of aromatic nitrogens is 1. The summed E-state index contributed by atoms with van der Waals surface area (Å²) in [5, 5.41) is 10.1. The van der Waals surface area contributed by atoms with Crippen LogP contribution in [0.4, 0.5) is 0 Å². The highest BCUT2D eigenvalue weighted by molar-refractivity contribution is 7.12. The Balaban J connectivity index is 1.92. The van der Waals surface area contributed by atoms with Gasteiger partial charge in [-0.2, -0.15) is 5.26 Å². The normalized spacial score (nSPS) is 10.3. The summed E-state index contributed by atoms with van der Waals surface area (Å²) < 4.78 is 5.78. The minimum Gasteiger partial charge on any atom is -0.493 e. The second-order valence-electron chi connectivity index (χ2n) is 4.84. The van der Waals surface area contributed by atoms with Crippen molar-refractivity contribution in [3.63, 3.8) is 0 Å². The molecular weight excluding hydrogens is 280 g/mol. The molecule has 1 aromatic heterocycles. The van der Waals surface area contributed by atoms with Crippen molar-refractivity contribution in [3.05, 3.63) is 45.4 Å². The highest BCUT2D eigenvalue weighted by Gasteiger charge is 2.10. The van der Waals surface area contributed by atoms with Crippen molar-refractivity contribution >= 4 is 11.3 Å². The van der Waals surface area contributed by atoms with E-state index in [-0.39, 0.29) is 0 Å². The number of benzene rings is 1. The smallest absolute Gasteiger partial charge is 0.128 e. The summed E-state index contributed by atoms with van der Waals surface area (Å²) in [7, 11) is 0. The van der Waals surface area contributed by atoms with Crippen LogP contribution in [0.15, 0.2) is 24.3 Å². The van der Waals surface area contributed by atoms with Gasteiger partial charge in [0, 0.05) is 6.42 Å². The fourth-order valence-corrected chi connectivity index (χ4v) is 3.00. The Morgan fingerprint density at radius 2 is 2.14 bits per heavy atom. The van der Waals surface area contributed by atoms with Crippen LogP contribution in [-0.2, 0) is 19.3 Å². The van der Waals surface area contributed by atoms with Crippen LogP contribution in [0.1, 0.15) is 41.4 Å². The van der Waals surface area contributed by atoms with Crippen molar-refractivity contribution < 1.29 is 4.74 Å². The zero-order chi connectivity index (χ0) is 15.1. The Hall–Kier alpha value is -1.86. The van der Waals surface area contributed by atoms with Gasteiger partial charge in [0.25, 0.3) is 0 Å². The number of hydrogen-bond acceptors (Lipinski definition) is 4. The lowest BCUT2D eigenvalue weighted by Gasteiger charge is -2.06. The molecule has 0 saturated heterocycles. The fraction of sp³-hybridized carbons (Fsp3) is 0.412. The first-order chi connectivity index (χ1) is 10.3. The summed E-state index contributed by atoms with van der Waals surface area (Å²) in [6, 6.07) is 10.4. The number of hydrogen-bond donors (Lipinski definition) is 0. The van der Waals surface area contributed by atoms with Gasteiger partial charge in [0.1, 0.15) is 16.7 Å². The molecule has 0 atom stereocenters. The van der Waals surface area contributed by atoms with E-state index < -0.39 is 0 Å². The summed E-state index contributed by atoms with van der Waals surface area (Å²) in [6.07, 6.45) is 3.64. The average Bonchev–Trinajstić information content (AvgIpc) is 2.90. The number of nitriles is 1. The standard InChI is InChI=1S/C17H20N2OS/c1-3-6-15-16(12-18)21-17(19-15)9-10-20-14-8-5-7-13(4-2)11-14/h5,7-8,11H,3-4,6,9-10H2,1-2H3. The van der Waals surface area contributed by atoms with Gasteiger partial charge in [0.05, 0.1) is 17.3 Å². The molecular formula is C17H20N2OS. The van der Waals surface area contributed by atoms with E-state index in [1.165, 1.54) is 16.9 Å². The van der Waals surface area contributed by atoms with Crippen LogP contribution in [0, 0.1) is 11.3 Å². The molecule has 4 heteroatoms. The minimum atomic E-state index is 0.594. The van der Waals surface area contributed by atoms with E-state index >= 15 is 0 Å². The Labute approximate surface area is 130 Å². The fourth-order valence-electron chi connectivity index (χ4n) is 2.11. The number of ether oxygens (including phenoxy) is 1. The quantitative estimate of drug-likeness (QED) is 0.771. The number of nitrogens with zero attached hydrogens (tertiary/aromatic N) is 2. The molecule has 0 bridgehead atoms. The van der Waals surface area contributed by atoms with Gasteiger partial charge in [-0.1, -0.05) is 32.4 Å². The van der Waals surface area contributed by atoms with Crippen molar-refractivity contribution in [1.82, 2.24) is 4.98 Å². The van der Waals surface area contributed by atoms with Crippen LogP contribution in [0.25, 0.3) is 0 Å². The number of rotatable bonds is 7. The SMILES string of the molecule is CCCc1nc(CCOc2cccc(CC)c2)sc1C#N. The van der Waals surface area contributed by atoms with Gasteiger partial charge in [0.15, 0.2) is 0 Å². The third-order valence-corrected chi connectivity index (χ3v) is 4.28. The molecule has 0 N–H and O–H groups in total. The van der Waals surface area contributed by atoms with Gasteiger partial charge in [-0.15, -0.1) is 11.3 Å². The monoisotopic (exact) mass is 300 g/mol. The topological polar surface area (TPSA) is 45.9 Å². The second-order valence-corrected chi connectivity index (χ2v) is 5.93. The molecule has 1 aromatic carbocycles. The van der Waals surface area contributed by atoms with E-state index in [4.69, 9.17) is 10.00 Å². The molecule has 0 unspecified atom stereocenters. The third kappa shape index (κ3) is 4.30. The average molecular weight is 300 g/mol. The molecule has 110 valence electrons. The van der Waals surface area contributed by atoms with Gasteiger partial charge >= 0.3 is 0 Å². The lowest BCUT2D eigenvalue weighted by molar-refractivity contribution is 0.321. The highest BCUT2D eigenvalue weighted by atomic mass is 32.1. The Bertz CT molecular complexity index is 628. The summed E-state index contributed by atoms with van der Waals surface area (Å²) in [6.45, 7) is 4.83. The van der Waals surface area contributed by atoms with E-state index in [0.717, 1.165) is 47.0 Å². The molecule has 1 heterocycles. The first kappa shape index (κ1) is 15.5. The van der Waals surface area contributed by atoms with Gasteiger partial charge in [-0.25, -0.2) is 4.98 Å². The van der Waals surface area contributed by atoms with Crippen molar-refractivity contribution in [2.45, 2.75) is 39.5 Å². The molecule has 0 aliphatic rings. The highest BCUT2D eigenvalue weighted by Crippen LogP contribution is 2.20. The van der Waals surface area contributed by atoms with Crippen LogP contribution in [0.5, 0.6) is 5.75 Å². The van der Waals surface area contributed by atoms with Gasteiger partial charge in [-0.3, -0.25) is 0 Å². The minimum absolute atomic E-state index is 0.594. The molecule has 0 spiro atoms. The maximum absolute atomic E-state index is 9.11. The summed E-state index contributed by atoms with van der Waals surface area (Å²) >= 11 is 1.49. The van der Waals surface area contributed by atoms with Crippen LogP contribution < -0.4 is 4.74 Å². The first-order valence-corrected chi connectivity index (χ1v) is 8.18. The third-order valence-electron chi connectivity index (χ3n) is 3.22. The lowest BCUT2D eigenvalue weighted by atomic mass is 10.2. The molecule has 0 radical (unpaired) electrons. The predicted molar refractivity (Wildman–Crippen MR) is 85.8 cm³/mol. The van der Waals surface area contributed by atoms with E-state index in [9.17, 15) is 0 Å². The molecule has 0 saturated carbocycles. The maximum Gasteiger partial charge on any atom is 0.128 e. The van der Waals surface area contributed by atoms with Crippen LogP contribution >= 0.6 is 11.3 Å². The molecule has 21 heavy (non-hydrogen) atoms. The largest absolute Gasteiger partial charge is 0.493 e. The maximum atomic E-state index is 9.11. The van der Waals surface area contributed by atoms with Crippen molar-refractivity contribution in [2.24, 2.45) is 0 Å². The number of aryl methyl sites for hydroxylation is 2. The Morgan fingerprint density at radius 1 is 1.29 bits per heavy atom.